The Morgan fingerprint density at radius 3 is 2.85 bits per heavy atom. The van der Waals surface area contributed by atoms with Crippen LogP contribution in [0.2, 0.25) is 0 Å². The van der Waals surface area contributed by atoms with Crippen molar-refractivity contribution in [3.8, 4) is 0 Å². The molecule has 1 heterocycles. The van der Waals surface area contributed by atoms with Crippen LogP contribution in [0.25, 0.3) is 0 Å². The quantitative estimate of drug-likeness (QED) is 0.887. The molecule has 0 saturated carbocycles. The molecule has 0 bridgehead atoms. The monoisotopic (exact) mass is 342 g/mol. The Balaban J connectivity index is 1.81. The molecule has 1 aliphatic heterocycles. The number of hydrogen-bond acceptors (Lipinski definition) is 3. The highest BCUT2D eigenvalue weighted by atomic mass is 79.9. The lowest BCUT2D eigenvalue weighted by molar-refractivity contribution is -0.137. The van der Waals surface area contributed by atoms with Crippen molar-refractivity contribution in [3.05, 3.63) is 28.2 Å². The maximum Gasteiger partial charge on any atom is 0.319 e. The van der Waals surface area contributed by atoms with Crippen LogP contribution in [0.5, 0.6) is 0 Å². The van der Waals surface area contributed by atoms with Crippen LogP contribution in [0, 0.1) is 6.92 Å². The van der Waals surface area contributed by atoms with Gasteiger partial charge in [0.15, 0.2) is 5.79 Å². The van der Waals surface area contributed by atoms with Gasteiger partial charge in [-0.05, 0) is 44.5 Å². The Labute approximate surface area is 127 Å². The number of halogens is 1. The summed E-state index contributed by atoms with van der Waals surface area (Å²) in [6.07, 6.45) is -0.109. The van der Waals surface area contributed by atoms with Gasteiger partial charge >= 0.3 is 6.03 Å². The van der Waals surface area contributed by atoms with E-state index in [-0.39, 0.29) is 12.1 Å². The summed E-state index contributed by atoms with van der Waals surface area (Å²) in [5.74, 6) is -0.564. The van der Waals surface area contributed by atoms with Crippen molar-refractivity contribution in [3.63, 3.8) is 0 Å². The van der Waals surface area contributed by atoms with E-state index in [2.05, 4.69) is 26.6 Å². The highest BCUT2D eigenvalue weighted by molar-refractivity contribution is 9.10. The van der Waals surface area contributed by atoms with E-state index in [1.165, 1.54) is 0 Å². The van der Waals surface area contributed by atoms with Crippen LogP contribution in [-0.2, 0) is 9.47 Å². The molecule has 2 N–H and O–H groups in total. The standard InChI is InChI=1S/C14H19BrN2O3/c1-9-6-10(15)4-5-12(9)17-13(18)16-7-11-8-19-14(2,3)20-11/h4-6,11H,7-8H2,1-3H3,(H2,16,17,18). The summed E-state index contributed by atoms with van der Waals surface area (Å²) in [6, 6.07) is 5.45. The Morgan fingerprint density at radius 1 is 1.50 bits per heavy atom. The van der Waals surface area contributed by atoms with Gasteiger partial charge in [-0.25, -0.2) is 4.79 Å². The van der Waals surface area contributed by atoms with Crippen LogP contribution in [0.3, 0.4) is 0 Å². The Hall–Kier alpha value is -1.11. The summed E-state index contributed by atoms with van der Waals surface area (Å²) in [7, 11) is 0. The predicted molar refractivity (Wildman–Crippen MR) is 80.8 cm³/mol. The lowest BCUT2D eigenvalue weighted by atomic mass is 10.2. The molecule has 110 valence electrons. The topological polar surface area (TPSA) is 59.6 Å². The lowest BCUT2D eigenvalue weighted by Gasteiger charge is -2.17. The fourth-order valence-electron chi connectivity index (χ4n) is 2.00. The van der Waals surface area contributed by atoms with E-state index < -0.39 is 5.79 Å². The second-order valence-corrected chi connectivity index (χ2v) is 6.16. The summed E-state index contributed by atoms with van der Waals surface area (Å²) in [4.78, 5) is 11.8. The number of ether oxygens (including phenoxy) is 2. The SMILES string of the molecule is Cc1cc(Br)ccc1NC(=O)NCC1COC(C)(C)O1. The molecular formula is C14H19BrN2O3. The molecule has 0 spiro atoms. The van der Waals surface area contributed by atoms with E-state index in [4.69, 9.17) is 9.47 Å². The summed E-state index contributed by atoms with van der Waals surface area (Å²) >= 11 is 3.39. The normalized spacial score (nSPS) is 20.7. The molecule has 1 aliphatic rings. The van der Waals surface area contributed by atoms with Crippen LogP contribution in [0.4, 0.5) is 10.5 Å². The molecule has 2 rings (SSSR count). The van der Waals surface area contributed by atoms with E-state index >= 15 is 0 Å². The van der Waals surface area contributed by atoms with Gasteiger partial charge in [0, 0.05) is 16.7 Å². The zero-order valence-electron chi connectivity index (χ0n) is 11.8. The van der Waals surface area contributed by atoms with Crippen LogP contribution >= 0.6 is 15.9 Å². The first-order valence-electron chi connectivity index (χ1n) is 6.48. The first kappa shape index (κ1) is 15.3. The van der Waals surface area contributed by atoms with Gasteiger partial charge in [0.2, 0.25) is 0 Å². The van der Waals surface area contributed by atoms with Crippen LogP contribution in [0.15, 0.2) is 22.7 Å². The summed E-state index contributed by atoms with van der Waals surface area (Å²) in [5.41, 5.74) is 1.78. The number of anilines is 1. The van der Waals surface area contributed by atoms with Crippen LogP contribution in [0.1, 0.15) is 19.4 Å². The van der Waals surface area contributed by atoms with Crippen molar-refractivity contribution >= 4 is 27.6 Å². The van der Waals surface area contributed by atoms with Gasteiger partial charge < -0.3 is 20.1 Å². The zero-order chi connectivity index (χ0) is 14.8. The fraction of sp³-hybridized carbons (Fsp3) is 0.500. The number of benzene rings is 1. The van der Waals surface area contributed by atoms with E-state index in [0.29, 0.717) is 13.2 Å². The van der Waals surface area contributed by atoms with Crippen molar-refractivity contribution in [1.29, 1.82) is 0 Å². The molecule has 1 unspecified atom stereocenters. The molecule has 1 saturated heterocycles. The highest BCUT2D eigenvalue weighted by Crippen LogP contribution is 2.22. The van der Waals surface area contributed by atoms with Crippen molar-refractivity contribution in [2.75, 3.05) is 18.5 Å². The average molecular weight is 343 g/mol. The number of urea groups is 1. The number of aryl methyl sites for hydroxylation is 1. The minimum absolute atomic E-state index is 0.109. The molecule has 1 fully saturated rings. The highest BCUT2D eigenvalue weighted by Gasteiger charge is 2.32. The second kappa shape index (κ2) is 6.11. The maximum atomic E-state index is 11.8. The van der Waals surface area contributed by atoms with Crippen molar-refractivity contribution in [1.82, 2.24) is 5.32 Å². The molecule has 20 heavy (non-hydrogen) atoms. The van der Waals surface area contributed by atoms with Gasteiger partial charge in [0.1, 0.15) is 6.10 Å². The number of carbonyl (C=O) groups is 1. The molecular weight excluding hydrogens is 324 g/mol. The minimum Gasteiger partial charge on any atom is -0.348 e. The molecule has 6 heteroatoms. The molecule has 0 radical (unpaired) electrons. The third-order valence-corrected chi connectivity index (χ3v) is 3.49. The zero-order valence-corrected chi connectivity index (χ0v) is 13.4. The van der Waals surface area contributed by atoms with Crippen molar-refractivity contribution in [2.24, 2.45) is 0 Å². The lowest BCUT2D eigenvalue weighted by Crippen LogP contribution is -2.37. The molecule has 5 nitrogen and oxygen atoms in total. The van der Waals surface area contributed by atoms with E-state index in [0.717, 1.165) is 15.7 Å². The van der Waals surface area contributed by atoms with Crippen molar-refractivity contribution < 1.29 is 14.3 Å². The largest absolute Gasteiger partial charge is 0.348 e. The Morgan fingerprint density at radius 2 is 2.25 bits per heavy atom. The molecule has 1 aromatic carbocycles. The fourth-order valence-corrected chi connectivity index (χ4v) is 2.48. The molecule has 1 aromatic rings. The first-order valence-corrected chi connectivity index (χ1v) is 7.28. The molecule has 1 atom stereocenters. The number of carbonyl (C=O) groups excluding carboxylic acids is 1. The number of amides is 2. The molecule has 2 amide bonds. The third-order valence-electron chi connectivity index (χ3n) is 2.99. The second-order valence-electron chi connectivity index (χ2n) is 5.24. The van der Waals surface area contributed by atoms with Crippen LogP contribution < -0.4 is 10.6 Å². The van der Waals surface area contributed by atoms with Gasteiger partial charge in [-0.15, -0.1) is 0 Å². The van der Waals surface area contributed by atoms with Gasteiger partial charge in [-0.2, -0.15) is 0 Å². The Kier molecular flexibility index (Phi) is 4.67. The number of nitrogens with one attached hydrogen (secondary N) is 2. The van der Waals surface area contributed by atoms with Crippen LogP contribution in [-0.4, -0.2) is 31.1 Å². The van der Waals surface area contributed by atoms with E-state index in [1.54, 1.807) is 0 Å². The summed E-state index contributed by atoms with van der Waals surface area (Å²) in [6.45, 7) is 6.57. The molecule has 0 aromatic heterocycles. The average Bonchev–Trinajstić information content (AvgIpc) is 2.70. The van der Waals surface area contributed by atoms with E-state index in [9.17, 15) is 4.79 Å². The number of rotatable bonds is 3. The van der Waals surface area contributed by atoms with Gasteiger partial charge in [0.25, 0.3) is 0 Å². The maximum absolute atomic E-state index is 11.8. The minimum atomic E-state index is -0.564. The third kappa shape index (κ3) is 4.19. The summed E-state index contributed by atoms with van der Waals surface area (Å²) in [5, 5.41) is 5.60. The number of hydrogen-bond donors (Lipinski definition) is 2. The van der Waals surface area contributed by atoms with Gasteiger partial charge in [-0.3, -0.25) is 0 Å². The van der Waals surface area contributed by atoms with E-state index in [1.807, 2.05) is 39.0 Å². The molecule has 0 aliphatic carbocycles. The van der Waals surface area contributed by atoms with Crippen molar-refractivity contribution in [2.45, 2.75) is 32.7 Å². The summed E-state index contributed by atoms with van der Waals surface area (Å²) < 4.78 is 12.0. The first-order chi connectivity index (χ1) is 9.35. The smallest absolute Gasteiger partial charge is 0.319 e. The van der Waals surface area contributed by atoms with Gasteiger partial charge in [-0.1, -0.05) is 15.9 Å². The predicted octanol–water partition coefficient (Wildman–Crippen LogP) is 3.03. The van der Waals surface area contributed by atoms with Gasteiger partial charge in [0.05, 0.1) is 6.61 Å². The Bertz CT molecular complexity index is 505.